The molecule has 3 N–H and O–H groups in total. The number of allylic oxidation sites excluding steroid dienone is 1. The SMILES string of the molecule is CC1=C2[C](C=CN1)NC(=O)C(CC(=O)N[C@@H](C)c1ccc(F)cc1F)=C2C(F)(F)F. The van der Waals surface area contributed by atoms with Crippen molar-refractivity contribution in [1.29, 1.82) is 0 Å². The van der Waals surface area contributed by atoms with Crippen LogP contribution in [0.5, 0.6) is 0 Å². The lowest BCUT2D eigenvalue weighted by molar-refractivity contribution is -0.125. The smallest absolute Gasteiger partial charge is 0.365 e. The summed E-state index contributed by atoms with van der Waals surface area (Å²) in [4.78, 5) is 24.7. The summed E-state index contributed by atoms with van der Waals surface area (Å²) in [5.41, 5.74) is -2.07. The number of hydrogen-bond acceptors (Lipinski definition) is 3. The quantitative estimate of drug-likeness (QED) is 0.646. The molecule has 0 aliphatic carbocycles. The highest BCUT2D eigenvalue weighted by atomic mass is 19.4. The maximum Gasteiger partial charge on any atom is 0.417 e. The number of carbonyl (C=O) groups is 2. The molecule has 1 aromatic rings. The maximum absolute atomic E-state index is 13.9. The highest BCUT2D eigenvalue weighted by molar-refractivity contribution is 6.03. The van der Waals surface area contributed by atoms with Crippen LogP contribution in [0.15, 0.2) is 52.9 Å². The van der Waals surface area contributed by atoms with Gasteiger partial charge in [-0.2, -0.15) is 13.2 Å². The lowest BCUT2D eigenvalue weighted by Crippen LogP contribution is -2.43. The Morgan fingerprint density at radius 3 is 2.57 bits per heavy atom. The zero-order valence-electron chi connectivity index (χ0n) is 15.9. The van der Waals surface area contributed by atoms with E-state index >= 15 is 0 Å². The van der Waals surface area contributed by atoms with E-state index in [1.807, 2.05) is 0 Å². The van der Waals surface area contributed by atoms with Crippen LogP contribution in [-0.2, 0) is 9.59 Å². The standard InChI is InChI=1S/C20H17F5N3O2/c1-9(12-4-3-11(21)7-14(12)22)27-16(29)8-13-18(20(23,24)25)17-10(2)26-6-5-15(17)28-19(13)30/h3-7,9,26H,8H2,1-2H3,(H,27,29)(H,28,30)/t9-/m0/s1. The molecule has 2 amide bonds. The molecule has 0 bridgehead atoms. The predicted molar refractivity (Wildman–Crippen MR) is 97.0 cm³/mol. The van der Waals surface area contributed by atoms with Gasteiger partial charge < -0.3 is 16.0 Å². The van der Waals surface area contributed by atoms with Crippen molar-refractivity contribution in [3.8, 4) is 0 Å². The first-order chi connectivity index (χ1) is 14.0. The molecule has 0 saturated carbocycles. The molecule has 2 heterocycles. The number of fused-ring (bicyclic) bond motifs is 1. The highest BCUT2D eigenvalue weighted by Crippen LogP contribution is 2.43. The Labute approximate surface area is 168 Å². The number of halogens is 5. The Bertz CT molecular complexity index is 995. The Balaban J connectivity index is 1.90. The molecule has 0 saturated heterocycles. The van der Waals surface area contributed by atoms with Crippen molar-refractivity contribution in [2.75, 3.05) is 0 Å². The lowest BCUT2D eigenvalue weighted by Gasteiger charge is -2.33. The van der Waals surface area contributed by atoms with E-state index in [2.05, 4.69) is 16.0 Å². The number of benzene rings is 1. The molecule has 0 fully saturated rings. The third-order valence-electron chi connectivity index (χ3n) is 4.70. The van der Waals surface area contributed by atoms with Gasteiger partial charge in [-0.25, -0.2) is 8.78 Å². The van der Waals surface area contributed by atoms with Crippen LogP contribution < -0.4 is 16.0 Å². The Morgan fingerprint density at radius 2 is 1.93 bits per heavy atom. The summed E-state index contributed by atoms with van der Waals surface area (Å²) in [6.45, 7) is 2.81. The van der Waals surface area contributed by atoms with Crippen LogP contribution in [0.1, 0.15) is 31.9 Å². The van der Waals surface area contributed by atoms with Gasteiger partial charge >= 0.3 is 6.18 Å². The summed E-state index contributed by atoms with van der Waals surface area (Å²) in [5.74, 6) is -3.68. The zero-order valence-corrected chi connectivity index (χ0v) is 15.9. The average Bonchev–Trinajstić information content (AvgIpc) is 2.61. The summed E-state index contributed by atoms with van der Waals surface area (Å²) < 4.78 is 68.4. The Morgan fingerprint density at radius 1 is 1.23 bits per heavy atom. The minimum Gasteiger partial charge on any atom is -0.365 e. The molecule has 0 unspecified atom stereocenters. The number of amides is 2. The van der Waals surface area contributed by atoms with E-state index in [1.165, 1.54) is 26.1 Å². The number of hydrogen-bond donors (Lipinski definition) is 3. The van der Waals surface area contributed by atoms with Crippen LogP contribution in [0.3, 0.4) is 0 Å². The molecule has 5 nitrogen and oxygen atoms in total. The van der Waals surface area contributed by atoms with Gasteiger partial charge in [-0.1, -0.05) is 6.07 Å². The average molecular weight is 426 g/mol. The number of dihydropyridines is 1. The van der Waals surface area contributed by atoms with Gasteiger partial charge in [0.1, 0.15) is 17.7 Å². The maximum atomic E-state index is 13.9. The molecular formula is C20H17F5N3O2. The summed E-state index contributed by atoms with van der Waals surface area (Å²) in [6.07, 6.45) is -3.08. The Kier molecular flexibility index (Phi) is 5.69. The molecule has 3 rings (SSSR count). The molecule has 0 aromatic heterocycles. The summed E-state index contributed by atoms with van der Waals surface area (Å²) in [6, 6.07) is 1.78. The fourth-order valence-electron chi connectivity index (χ4n) is 3.36. The van der Waals surface area contributed by atoms with Crippen molar-refractivity contribution in [2.45, 2.75) is 32.5 Å². The van der Waals surface area contributed by atoms with E-state index < -0.39 is 53.2 Å². The van der Waals surface area contributed by atoms with E-state index in [0.29, 0.717) is 6.07 Å². The van der Waals surface area contributed by atoms with Crippen molar-refractivity contribution in [3.63, 3.8) is 0 Å². The third kappa shape index (κ3) is 4.22. The Hall–Kier alpha value is -3.17. The molecule has 159 valence electrons. The number of rotatable bonds is 4. The van der Waals surface area contributed by atoms with E-state index in [4.69, 9.17) is 0 Å². The second kappa shape index (κ2) is 7.92. The fourth-order valence-corrected chi connectivity index (χ4v) is 3.36. The highest BCUT2D eigenvalue weighted by Gasteiger charge is 2.47. The van der Waals surface area contributed by atoms with Crippen molar-refractivity contribution < 1.29 is 31.5 Å². The molecule has 1 aromatic carbocycles. The van der Waals surface area contributed by atoms with Gasteiger partial charge in [0.2, 0.25) is 11.8 Å². The molecule has 2 aliphatic rings. The van der Waals surface area contributed by atoms with Gasteiger partial charge in [0.25, 0.3) is 0 Å². The molecule has 10 heteroatoms. The van der Waals surface area contributed by atoms with Gasteiger partial charge in [0.05, 0.1) is 18.0 Å². The van der Waals surface area contributed by atoms with Crippen molar-refractivity contribution >= 4 is 11.8 Å². The third-order valence-corrected chi connectivity index (χ3v) is 4.70. The van der Waals surface area contributed by atoms with Crippen molar-refractivity contribution in [1.82, 2.24) is 16.0 Å². The minimum atomic E-state index is -4.89. The number of carbonyl (C=O) groups excluding carboxylic acids is 2. The number of nitrogens with one attached hydrogen (secondary N) is 3. The summed E-state index contributed by atoms with van der Waals surface area (Å²) >= 11 is 0. The van der Waals surface area contributed by atoms with E-state index in [9.17, 15) is 31.5 Å². The fraction of sp³-hybridized carbons (Fsp3) is 0.250. The molecular weight excluding hydrogens is 409 g/mol. The second-order valence-corrected chi connectivity index (χ2v) is 6.83. The van der Waals surface area contributed by atoms with Crippen LogP contribution in [0.25, 0.3) is 0 Å². The minimum absolute atomic E-state index is 0.0190. The first-order valence-corrected chi connectivity index (χ1v) is 8.86. The van der Waals surface area contributed by atoms with Gasteiger partial charge in [-0.15, -0.1) is 0 Å². The zero-order chi connectivity index (χ0) is 22.2. The van der Waals surface area contributed by atoms with Crippen LogP contribution in [0.4, 0.5) is 22.0 Å². The van der Waals surface area contributed by atoms with Gasteiger partial charge in [0, 0.05) is 28.5 Å². The first kappa shape index (κ1) is 21.5. The normalized spacial score (nSPS) is 18.0. The monoisotopic (exact) mass is 426 g/mol. The van der Waals surface area contributed by atoms with Crippen LogP contribution >= 0.6 is 0 Å². The van der Waals surface area contributed by atoms with E-state index in [1.54, 1.807) is 0 Å². The van der Waals surface area contributed by atoms with Gasteiger partial charge in [-0.3, -0.25) is 9.59 Å². The van der Waals surface area contributed by atoms with E-state index in [0.717, 1.165) is 12.1 Å². The molecule has 2 aliphatic heterocycles. The number of alkyl halides is 3. The summed E-state index contributed by atoms with van der Waals surface area (Å²) in [7, 11) is 0. The van der Waals surface area contributed by atoms with Crippen LogP contribution in [0, 0.1) is 17.7 Å². The van der Waals surface area contributed by atoms with Crippen LogP contribution in [0.2, 0.25) is 0 Å². The van der Waals surface area contributed by atoms with Crippen molar-refractivity contribution in [2.24, 2.45) is 0 Å². The molecule has 0 spiro atoms. The lowest BCUT2D eigenvalue weighted by atomic mass is 9.85. The van der Waals surface area contributed by atoms with Crippen LogP contribution in [-0.4, -0.2) is 18.0 Å². The molecule has 1 radical (unpaired) electrons. The van der Waals surface area contributed by atoms with Crippen molar-refractivity contribution in [3.05, 3.63) is 76.1 Å². The van der Waals surface area contributed by atoms with E-state index in [-0.39, 0.29) is 22.9 Å². The largest absolute Gasteiger partial charge is 0.417 e. The second-order valence-electron chi connectivity index (χ2n) is 6.83. The summed E-state index contributed by atoms with van der Waals surface area (Å²) in [5, 5.41) is 7.36. The first-order valence-electron chi connectivity index (χ1n) is 8.86. The predicted octanol–water partition coefficient (Wildman–Crippen LogP) is 3.44. The van der Waals surface area contributed by atoms with Gasteiger partial charge in [0.15, 0.2) is 0 Å². The molecule has 30 heavy (non-hydrogen) atoms. The topological polar surface area (TPSA) is 70.2 Å². The molecule has 1 atom stereocenters. The van der Waals surface area contributed by atoms with Gasteiger partial charge in [-0.05, 0) is 32.2 Å².